The summed E-state index contributed by atoms with van der Waals surface area (Å²) >= 11 is 0. The van der Waals surface area contributed by atoms with E-state index in [1.807, 2.05) is 6.92 Å². The number of carbonyl (C=O) groups is 1. The lowest BCUT2D eigenvalue weighted by molar-refractivity contribution is 0.0956. The second-order valence-corrected chi connectivity index (χ2v) is 4.12. The summed E-state index contributed by atoms with van der Waals surface area (Å²) in [6.07, 6.45) is 1.26. The van der Waals surface area contributed by atoms with Crippen LogP contribution in [0.4, 0.5) is 5.82 Å². The van der Waals surface area contributed by atoms with Crippen molar-refractivity contribution in [2.75, 3.05) is 6.54 Å². The summed E-state index contributed by atoms with van der Waals surface area (Å²) in [5.41, 5.74) is 11.1. The molecule has 7 heteroatoms. The number of fused-ring (bicyclic) bond motifs is 1. The molecule has 0 unspecified atom stereocenters. The van der Waals surface area contributed by atoms with E-state index in [-0.39, 0.29) is 23.4 Å². The molecule has 0 bridgehead atoms. The molecule has 0 atom stereocenters. The van der Waals surface area contributed by atoms with Gasteiger partial charge in [-0.05, 0) is 25.1 Å². The van der Waals surface area contributed by atoms with Gasteiger partial charge < -0.3 is 21.9 Å². The number of nitrogens with one attached hydrogen (secondary N) is 1. The van der Waals surface area contributed by atoms with Crippen molar-refractivity contribution in [3.8, 4) is 5.75 Å². The second-order valence-electron chi connectivity index (χ2n) is 4.12. The molecule has 0 radical (unpaired) electrons. The molecular formula is C13H15N5O2. The number of benzene rings is 1. The lowest BCUT2D eigenvalue weighted by atomic mass is 10.1. The van der Waals surface area contributed by atoms with Gasteiger partial charge in [0.1, 0.15) is 5.75 Å². The normalized spacial score (nSPS) is 10.2. The Morgan fingerprint density at radius 2 is 2.15 bits per heavy atom. The Morgan fingerprint density at radius 3 is 2.80 bits per heavy atom. The Balaban J connectivity index is 2.64. The zero-order valence-electron chi connectivity index (χ0n) is 10.9. The van der Waals surface area contributed by atoms with Crippen LogP contribution in [0.1, 0.15) is 17.3 Å². The molecule has 2 rings (SSSR count). The van der Waals surface area contributed by atoms with Crippen molar-refractivity contribution in [1.82, 2.24) is 10.3 Å². The maximum atomic E-state index is 11.8. The zero-order chi connectivity index (χ0) is 14.7. The quantitative estimate of drug-likeness (QED) is 0.481. The summed E-state index contributed by atoms with van der Waals surface area (Å²) in [5, 5.41) is 13.5. The van der Waals surface area contributed by atoms with Crippen LogP contribution in [-0.4, -0.2) is 28.5 Å². The van der Waals surface area contributed by atoms with Gasteiger partial charge in [0, 0.05) is 22.9 Å². The average molecular weight is 273 g/mol. The number of nitrogens with zero attached hydrogens (tertiary/aromatic N) is 2. The number of amides is 1. The minimum Gasteiger partial charge on any atom is -0.506 e. The summed E-state index contributed by atoms with van der Waals surface area (Å²) in [6.45, 7) is 2.35. The number of aromatic nitrogens is 1. The fourth-order valence-electron chi connectivity index (χ4n) is 1.83. The highest BCUT2D eigenvalue weighted by molar-refractivity contribution is 6.03. The van der Waals surface area contributed by atoms with Crippen LogP contribution in [0.3, 0.4) is 0 Å². The van der Waals surface area contributed by atoms with Crippen molar-refractivity contribution < 1.29 is 9.90 Å². The van der Waals surface area contributed by atoms with Crippen molar-refractivity contribution in [2.24, 2.45) is 16.5 Å². The average Bonchev–Trinajstić information content (AvgIpc) is 2.41. The molecule has 0 aliphatic rings. The molecule has 0 spiro atoms. The van der Waals surface area contributed by atoms with Crippen LogP contribution < -0.4 is 16.8 Å². The van der Waals surface area contributed by atoms with Crippen LogP contribution >= 0.6 is 0 Å². The molecule has 1 aromatic heterocycles. The summed E-state index contributed by atoms with van der Waals surface area (Å²) in [4.78, 5) is 19.7. The van der Waals surface area contributed by atoms with Gasteiger partial charge in [0.05, 0.1) is 6.20 Å². The van der Waals surface area contributed by atoms with Crippen LogP contribution in [0.5, 0.6) is 5.75 Å². The summed E-state index contributed by atoms with van der Waals surface area (Å²) in [5.74, 6) is -0.109. The summed E-state index contributed by atoms with van der Waals surface area (Å²) < 4.78 is 0. The Hall–Kier alpha value is -2.83. The van der Waals surface area contributed by atoms with Gasteiger partial charge in [-0.3, -0.25) is 4.79 Å². The number of pyridine rings is 1. The van der Waals surface area contributed by atoms with Crippen molar-refractivity contribution in [3.63, 3.8) is 0 Å². The van der Waals surface area contributed by atoms with Gasteiger partial charge >= 0.3 is 0 Å². The molecule has 7 nitrogen and oxygen atoms in total. The number of guanidine groups is 1. The SMILES string of the molecule is CCNC(=O)c1ccc2c(O)cnc(N=C(N)N)c2c1. The van der Waals surface area contributed by atoms with E-state index in [4.69, 9.17) is 11.5 Å². The number of hydrogen-bond acceptors (Lipinski definition) is 4. The molecular weight excluding hydrogens is 258 g/mol. The van der Waals surface area contributed by atoms with Crippen molar-refractivity contribution in [3.05, 3.63) is 30.0 Å². The van der Waals surface area contributed by atoms with Crippen molar-refractivity contribution in [2.45, 2.75) is 6.92 Å². The second kappa shape index (κ2) is 5.43. The molecule has 0 aliphatic heterocycles. The molecule has 20 heavy (non-hydrogen) atoms. The Kier molecular flexibility index (Phi) is 3.69. The standard InChI is InChI=1S/C13H15N5O2/c1-2-16-12(20)7-3-4-8-9(5-7)11(18-13(14)15)17-6-10(8)19/h3-6,19H,2H2,1H3,(H,16,20)(H4,14,15,17,18). The third kappa shape index (κ3) is 2.61. The highest BCUT2D eigenvalue weighted by atomic mass is 16.3. The van der Waals surface area contributed by atoms with Crippen LogP contribution in [0.2, 0.25) is 0 Å². The van der Waals surface area contributed by atoms with Crippen LogP contribution in [0.25, 0.3) is 10.8 Å². The van der Waals surface area contributed by atoms with Crippen LogP contribution in [0, 0.1) is 0 Å². The van der Waals surface area contributed by atoms with Gasteiger partial charge in [0.2, 0.25) is 0 Å². The van der Waals surface area contributed by atoms with E-state index in [0.717, 1.165) is 0 Å². The Morgan fingerprint density at radius 1 is 1.40 bits per heavy atom. The largest absolute Gasteiger partial charge is 0.506 e. The molecule has 104 valence electrons. The van der Waals surface area contributed by atoms with E-state index in [2.05, 4.69) is 15.3 Å². The number of aromatic hydroxyl groups is 1. The number of aliphatic imine (C=N–C) groups is 1. The van der Waals surface area contributed by atoms with Crippen LogP contribution in [-0.2, 0) is 0 Å². The number of carbonyl (C=O) groups excluding carboxylic acids is 1. The molecule has 0 saturated carbocycles. The Labute approximate surface area is 115 Å². The highest BCUT2D eigenvalue weighted by Gasteiger charge is 2.11. The maximum absolute atomic E-state index is 11.8. The minimum atomic E-state index is -0.214. The predicted molar refractivity (Wildman–Crippen MR) is 76.9 cm³/mol. The first-order valence-electron chi connectivity index (χ1n) is 6.02. The first kappa shape index (κ1) is 13.6. The smallest absolute Gasteiger partial charge is 0.251 e. The lowest BCUT2D eigenvalue weighted by Crippen LogP contribution is -2.22. The van der Waals surface area contributed by atoms with E-state index in [1.165, 1.54) is 6.20 Å². The predicted octanol–water partition coefficient (Wildman–Crippen LogP) is 0.595. The lowest BCUT2D eigenvalue weighted by Gasteiger charge is -2.07. The molecule has 0 aliphatic carbocycles. The monoisotopic (exact) mass is 273 g/mol. The van der Waals surface area contributed by atoms with Gasteiger partial charge in [-0.1, -0.05) is 0 Å². The van der Waals surface area contributed by atoms with E-state index in [9.17, 15) is 9.90 Å². The molecule has 1 amide bonds. The van der Waals surface area contributed by atoms with Gasteiger partial charge in [-0.25, -0.2) is 4.98 Å². The van der Waals surface area contributed by atoms with Gasteiger partial charge in [0.25, 0.3) is 5.91 Å². The summed E-state index contributed by atoms with van der Waals surface area (Å²) in [7, 11) is 0. The zero-order valence-corrected chi connectivity index (χ0v) is 10.9. The molecule has 2 aromatic rings. The van der Waals surface area contributed by atoms with Gasteiger partial charge in [0.15, 0.2) is 11.8 Å². The van der Waals surface area contributed by atoms with E-state index in [1.54, 1.807) is 18.2 Å². The topological polar surface area (TPSA) is 127 Å². The molecule has 0 fully saturated rings. The fourth-order valence-corrected chi connectivity index (χ4v) is 1.83. The highest BCUT2D eigenvalue weighted by Crippen LogP contribution is 2.31. The minimum absolute atomic E-state index is 0.00278. The van der Waals surface area contributed by atoms with Gasteiger partial charge in [-0.2, -0.15) is 4.99 Å². The van der Waals surface area contributed by atoms with Crippen LogP contribution in [0.15, 0.2) is 29.4 Å². The number of hydrogen-bond donors (Lipinski definition) is 4. The fraction of sp³-hybridized carbons (Fsp3) is 0.154. The summed E-state index contributed by atoms with van der Waals surface area (Å²) in [6, 6.07) is 4.84. The van der Waals surface area contributed by atoms with Crippen molar-refractivity contribution >= 4 is 28.5 Å². The first-order chi connectivity index (χ1) is 9.52. The van der Waals surface area contributed by atoms with E-state index >= 15 is 0 Å². The number of rotatable bonds is 3. The Bertz CT molecular complexity index is 692. The third-order valence-electron chi connectivity index (χ3n) is 2.68. The first-order valence-corrected chi connectivity index (χ1v) is 6.02. The van der Waals surface area contributed by atoms with Gasteiger partial charge in [-0.15, -0.1) is 0 Å². The third-order valence-corrected chi connectivity index (χ3v) is 2.68. The van der Waals surface area contributed by atoms with E-state index in [0.29, 0.717) is 22.9 Å². The van der Waals surface area contributed by atoms with Crippen molar-refractivity contribution in [1.29, 1.82) is 0 Å². The molecule has 1 aromatic carbocycles. The van der Waals surface area contributed by atoms with E-state index < -0.39 is 0 Å². The molecule has 1 heterocycles. The molecule has 6 N–H and O–H groups in total. The molecule has 0 saturated heterocycles. The maximum Gasteiger partial charge on any atom is 0.251 e. The number of nitrogens with two attached hydrogens (primary N) is 2.